The molecule has 0 heterocycles. The van der Waals surface area contributed by atoms with Crippen LogP contribution in [0.4, 0.5) is 4.79 Å². The number of hydrogen-bond donors (Lipinski definition) is 3. The van der Waals surface area contributed by atoms with Crippen molar-refractivity contribution in [3.63, 3.8) is 0 Å². The van der Waals surface area contributed by atoms with E-state index in [0.29, 0.717) is 18.9 Å². The van der Waals surface area contributed by atoms with Crippen LogP contribution < -0.4 is 5.32 Å². The smallest absolute Gasteiger partial charge is 0.408 e. The Morgan fingerprint density at radius 3 is 2.19 bits per heavy atom. The zero-order valence-corrected chi connectivity index (χ0v) is 17.1. The molecule has 0 aliphatic heterocycles. The Hall–Kier alpha value is -1.59. The van der Waals surface area contributed by atoms with Crippen LogP contribution in [0.2, 0.25) is 0 Å². The first-order chi connectivity index (χ1) is 12.0. The van der Waals surface area contributed by atoms with Crippen molar-refractivity contribution in [2.75, 3.05) is 6.54 Å². The second kappa shape index (κ2) is 9.93. The Morgan fingerprint density at radius 2 is 1.73 bits per heavy atom. The van der Waals surface area contributed by atoms with Gasteiger partial charge in [-0.2, -0.15) is 0 Å². The number of hydrogen-bond acceptors (Lipinski definition) is 3. The van der Waals surface area contributed by atoms with Crippen molar-refractivity contribution >= 4 is 6.09 Å². The lowest BCUT2D eigenvalue weighted by molar-refractivity contribution is 0.00689. The molecular formula is C21H36N2O3. The Kier molecular flexibility index (Phi) is 8.57. The van der Waals surface area contributed by atoms with Crippen molar-refractivity contribution in [2.24, 2.45) is 5.92 Å². The number of amides is 1. The molecule has 148 valence electrons. The minimum Gasteiger partial charge on any atom is -0.465 e. The summed E-state index contributed by atoms with van der Waals surface area (Å²) in [5.74, 6) is 0.569. The molecule has 0 aliphatic rings. The van der Waals surface area contributed by atoms with Crippen LogP contribution in [0.25, 0.3) is 0 Å². The van der Waals surface area contributed by atoms with Gasteiger partial charge in [0.15, 0.2) is 0 Å². The highest BCUT2D eigenvalue weighted by Gasteiger charge is 2.37. The molecule has 0 radical (unpaired) electrons. The van der Waals surface area contributed by atoms with E-state index in [1.807, 2.05) is 51.1 Å². The van der Waals surface area contributed by atoms with Gasteiger partial charge in [-0.3, -0.25) is 4.90 Å². The van der Waals surface area contributed by atoms with Gasteiger partial charge in [0, 0.05) is 18.1 Å². The first-order valence-corrected chi connectivity index (χ1v) is 9.50. The topological polar surface area (TPSA) is 72.8 Å². The molecule has 0 spiro atoms. The predicted molar refractivity (Wildman–Crippen MR) is 106 cm³/mol. The van der Waals surface area contributed by atoms with E-state index in [-0.39, 0.29) is 6.04 Å². The maximum atomic E-state index is 12.0. The van der Waals surface area contributed by atoms with E-state index < -0.39 is 23.8 Å². The molecule has 5 nitrogen and oxygen atoms in total. The number of rotatable bonds is 9. The zero-order valence-electron chi connectivity index (χ0n) is 17.1. The molecule has 1 unspecified atom stereocenters. The molecule has 0 saturated carbocycles. The SMILES string of the molecule is CC(C)CC(C)NC[C@@H](O)[C@H](Cc1ccccc1)N(C(=O)O)C(C)(C)C. The van der Waals surface area contributed by atoms with Gasteiger partial charge >= 0.3 is 6.09 Å². The van der Waals surface area contributed by atoms with Gasteiger partial charge in [-0.25, -0.2) is 4.79 Å². The average Bonchev–Trinajstić information content (AvgIpc) is 2.50. The second-order valence-electron chi connectivity index (χ2n) is 8.59. The number of nitrogens with one attached hydrogen (secondary N) is 1. The van der Waals surface area contributed by atoms with Crippen molar-refractivity contribution in [1.82, 2.24) is 10.2 Å². The van der Waals surface area contributed by atoms with Crippen molar-refractivity contribution in [2.45, 2.75) is 78.1 Å². The molecule has 0 bridgehead atoms. The molecule has 1 amide bonds. The van der Waals surface area contributed by atoms with E-state index in [0.717, 1.165) is 12.0 Å². The van der Waals surface area contributed by atoms with Gasteiger partial charge in [0.2, 0.25) is 0 Å². The quantitative estimate of drug-likeness (QED) is 0.624. The number of aliphatic hydroxyl groups is 1. The standard InChI is InChI=1S/C21H36N2O3/c1-15(2)12-16(3)22-14-19(24)18(13-17-10-8-7-9-11-17)23(20(25)26)21(4,5)6/h7-11,15-16,18-19,22,24H,12-14H2,1-6H3,(H,25,26)/t16?,18-,19+/m0/s1. The highest BCUT2D eigenvalue weighted by atomic mass is 16.4. The summed E-state index contributed by atoms with van der Waals surface area (Å²) in [5, 5.41) is 24.0. The third kappa shape index (κ3) is 7.34. The van der Waals surface area contributed by atoms with Crippen LogP contribution in [-0.4, -0.2) is 51.5 Å². The molecule has 0 saturated heterocycles. The minimum atomic E-state index is -1.01. The number of aliphatic hydroxyl groups excluding tert-OH is 1. The molecular weight excluding hydrogens is 328 g/mol. The molecule has 1 rings (SSSR count). The summed E-state index contributed by atoms with van der Waals surface area (Å²) in [4.78, 5) is 13.3. The van der Waals surface area contributed by atoms with E-state index in [9.17, 15) is 15.0 Å². The summed E-state index contributed by atoms with van der Waals surface area (Å²) in [6.45, 7) is 12.4. The number of carboxylic acid groups (broad SMARTS) is 1. The first-order valence-electron chi connectivity index (χ1n) is 9.50. The lowest BCUT2D eigenvalue weighted by atomic mass is 9.94. The van der Waals surface area contributed by atoms with Gasteiger partial charge in [0.1, 0.15) is 0 Å². The fourth-order valence-electron chi connectivity index (χ4n) is 3.43. The van der Waals surface area contributed by atoms with E-state index in [4.69, 9.17) is 0 Å². The molecule has 3 atom stereocenters. The van der Waals surface area contributed by atoms with E-state index in [1.165, 1.54) is 4.90 Å². The number of carbonyl (C=O) groups is 1. The third-order valence-corrected chi connectivity index (χ3v) is 4.49. The van der Waals surface area contributed by atoms with Crippen molar-refractivity contribution < 1.29 is 15.0 Å². The predicted octanol–water partition coefficient (Wildman–Crippen LogP) is 3.76. The highest BCUT2D eigenvalue weighted by molar-refractivity contribution is 5.66. The summed E-state index contributed by atoms with van der Waals surface area (Å²) in [5.41, 5.74) is 0.415. The van der Waals surface area contributed by atoms with Gasteiger partial charge in [0.25, 0.3) is 0 Å². The fourth-order valence-corrected chi connectivity index (χ4v) is 3.43. The van der Waals surface area contributed by atoms with Crippen LogP contribution in [0.15, 0.2) is 30.3 Å². The maximum Gasteiger partial charge on any atom is 0.408 e. The lowest BCUT2D eigenvalue weighted by Crippen LogP contribution is -2.58. The largest absolute Gasteiger partial charge is 0.465 e. The Bertz CT molecular complexity index is 540. The zero-order chi connectivity index (χ0) is 19.9. The lowest BCUT2D eigenvalue weighted by Gasteiger charge is -2.42. The highest BCUT2D eigenvalue weighted by Crippen LogP contribution is 2.23. The molecule has 5 heteroatoms. The molecule has 0 aliphatic carbocycles. The molecule has 1 aromatic carbocycles. The Balaban J connectivity index is 2.97. The van der Waals surface area contributed by atoms with E-state index >= 15 is 0 Å². The van der Waals surface area contributed by atoms with Crippen LogP contribution in [0, 0.1) is 5.92 Å². The van der Waals surface area contributed by atoms with E-state index in [1.54, 1.807) is 0 Å². The van der Waals surface area contributed by atoms with Crippen molar-refractivity contribution in [1.29, 1.82) is 0 Å². The van der Waals surface area contributed by atoms with Gasteiger partial charge in [0.05, 0.1) is 12.1 Å². The normalized spacial score (nSPS) is 15.5. The summed E-state index contributed by atoms with van der Waals surface area (Å²) in [6, 6.07) is 9.49. The molecule has 0 fully saturated rings. The number of benzene rings is 1. The fraction of sp³-hybridized carbons (Fsp3) is 0.667. The molecule has 26 heavy (non-hydrogen) atoms. The van der Waals surface area contributed by atoms with Crippen LogP contribution >= 0.6 is 0 Å². The van der Waals surface area contributed by atoms with Crippen molar-refractivity contribution in [3.8, 4) is 0 Å². The average molecular weight is 365 g/mol. The van der Waals surface area contributed by atoms with Gasteiger partial charge in [-0.1, -0.05) is 44.2 Å². The van der Waals surface area contributed by atoms with E-state index in [2.05, 4.69) is 26.1 Å². The monoisotopic (exact) mass is 364 g/mol. The second-order valence-corrected chi connectivity index (χ2v) is 8.59. The van der Waals surface area contributed by atoms with Crippen LogP contribution in [0.3, 0.4) is 0 Å². The Morgan fingerprint density at radius 1 is 1.15 bits per heavy atom. The summed E-state index contributed by atoms with van der Waals surface area (Å²) < 4.78 is 0. The van der Waals surface area contributed by atoms with Gasteiger partial charge in [-0.15, -0.1) is 0 Å². The van der Waals surface area contributed by atoms with Crippen LogP contribution in [0.5, 0.6) is 0 Å². The molecule has 0 aromatic heterocycles. The molecule has 3 N–H and O–H groups in total. The van der Waals surface area contributed by atoms with Crippen LogP contribution in [0.1, 0.15) is 53.5 Å². The summed E-state index contributed by atoms with van der Waals surface area (Å²) in [6.07, 6.45) is -0.308. The number of nitrogens with zero attached hydrogens (tertiary/aromatic N) is 1. The Labute approximate surface area is 158 Å². The maximum absolute atomic E-state index is 12.0. The van der Waals surface area contributed by atoms with Crippen molar-refractivity contribution in [3.05, 3.63) is 35.9 Å². The third-order valence-electron chi connectivity index (χ3n) is 4.49. The van der Waals surface area contributed by atoms with Gasteiger partial charge < -0.3 is 15.5 Å². The first kappa shape index (κ1) is 22.5. The summed E-state index contributed by atoms with van der Waals surface area (Å²) >= 11 is 0. The van der Waals surface area contributed by atoms with Gasteiger partial charge in [-0.05, 0) is 52.0 Å². The summed E-state index contributed by atoms with van der Waals surface area (Å²) in [7, 11) is 0. The molecule has 1 aromatic rings. The van der Waals surface area contributed by atoms with Crippen LogP contribution in [-0.2, 0) is 6.42 Å². The minimum absolute atomic E-state index is 0.273.